The number of halogens is 1. The topological polar surface area (TPSA) is 69.0 Å². The summed E-state index contributed by atoms with van der Waals surface area (Å²) in [4.78, 5) is 31.1. The summed E-state index contributed by atoms with van der Waals surface area (Å²) in [6, 6.07) is 12.2. The van der Waals surface area contributed by atoms with Crippen LogP contribution in [-0.4, -0.2) is 21.4 Å². The van der Waals surface area contributed by atoms with Gasteiger partial charge in [0.2, 0.25) is 0 Å². The molecule has 0 unspecified atom stereocenters. The summed E-state index contributed by atoms with van der Waals surface area (Å²) in [7, 11) is 0. The van der Waals surface area contributed by atoms with Gasteiger partial charge in [0.05, 0.1) is 11.0 Å². The molecule has 0 spiro atoms. The SMILES string of the molecule is O=c1[nH]c2cc(Br)c3c(c2[nH]c1=O)CN(Cc1ccccc1)CC3. The second-order valence-electron chi connectivity index (χ2n) is 6.09. The molecule has 2 heterocycles. The predicted octanol–water partition coefficient (Wildman–Crippen LogP) is 2.54. The van der Waals surface area contributed by atoms with Crippen molar-refractivity contribution in [3.63, 3.8) is 0 Å². The van der Waals surface area contributed by atoms with Crippen molar-refractivity contribution >= 4 is 27.0 Å². The lowest BCUT2D eigenvalue weighted by molar-refractivity contribution is 0.246. The van der Waals surface area contributed by atoms with Gasteiger partial charge < -0.3 is 9.97 Å². The minimum atomic E-state index is -0.619. The lowest BCUT2D eigenvalue weighted by Crippen LogP contribution is -2.33. The van der Waals surface area contributed by atoms with E-state index in [4.69, 9.17) is 0 Å². The standard InChI is InChI=1S/C18H16BrN3O2/c19-14-8-15-16(21-18(24)17(23)20-15)13-10-22(7-6-12(13)14)9-11-4-2-1-3-5-11/h1-5,8H,6-7,9-10H2,(H,20,23)(H,21,24). The van der Waals surface area contributed by atoms with E-state index in [-0.39, 0.29) is 0 Å². The van der Waals surface area contributed by atoms with Crippen molar-refractivity contribution in [3.8, 4) is 0 Å². The summed E-state index contributed by atoms with van der Waals surface area (Å²) in [5, 5.41) is 0. The molecule has 2 aromatic carbocycles. The molecule has 4 rings (SSSR count). The van der Waals surface area contributed by atoms with E-state index in [0.29, 0.717) is 5.52 Å². The molecule has 6 heteroatoms. The molecule has 0 fully saturated rings. The summed E-state index contributed by atoms with van der Waals surface area (Å²) < 4.78 is 0.979. The first kappa shape index (κ1) is 15.4. The second kappa shape index (κ2) is 6.03. The maximum absolute atomic E-state index is 11.8. The van der Waals surface area contributed by atoms with Gasteiger partial charge >= 0.3 is 11.1 Å². The number of rotatable bonds is 2. The maximum atomic E-state index is 11.8. The van der Waals surface area contributed by atoms with E-state index in [0.717, 1.165) is 41.6 Å². The average Bonchev–Trinajstić information content (AvgIpc) is 2.58. The largest absolute Gasteiger partial charge is 0.316 e. The smallest absolute Gasteiger partial charge is 0.314 e. The Hall–Kier alpha value is -2.18. The molecule has 1 aromatic heterocycles. The summed E-state index contributed by atoms with van der Waals surface area (Å²) in [5.41, 5.74) is 3.72. The zero-order valence-electron chi connectivity index (χ0n) is 12.9. The quantitative estimate of drug-likeness (QED) is 0.666. The van der Waals surface area contributed by atoms with Crippen LogP contribution in [-0.2, 0) is 19.5 Å². The number of aromatic amines is 2. The number of nitrogens with one attached hydrogen (secondary N) is 2. The molecule has 0 aliphatic carbocycles. The first-order valence-corrected chi connectivity index (χ1v) is 8.64. The second-order valence-corrected chi connectivity index (χ2v) is 6.95. The molecule has 5 nitrogen and oxygen atoms in total. The van der Waals surface area contributed by atoms with Gasteiger partial charge in [-0.05, 0) is 29.2 Å². The zero-order valence-corrected chi connectivity index (χ0v) is 14.5. The van der Waals surface area contributed by atoms with E-state index in [1.165, 1.54) is 11.1 Å². The Bertz CT molecular complexity index is 1020. The Balaban J connectivity index is 1.77. The highest BCUT2D eigenvalue weighted by molar-refractivity contribution is 9.10. The minimum absolute atomic E-state index is 0.604. The number of benzene rings is 2. The summed E-state index contributed by atoms with van der Waals surface area (Å²) in [5.74, 6) is 0. The van der Waals surface area contributed by atoms with E-state index < -0.39 is 11.1 Å². The first-order chi connectivity index (χ1) is 11.6. The van der Waals surface area contributed by atoms with Crippen LogP contribution in [0.5, 0.6) is 0 Å². The molecule has 1 aliphatic rings. The fourth-order valence-corrected chi connectivity index (χ4v) is 3.99. The van der Waals surface area contributed by atoms with Crippen molar-refractivity contribution < 1.29 is 0 Å². The van der Waals surface area contributed by atoms with Gasteiger partial charge in [0.25, 0.3) is 0 Å². The van der Waals surface area contributed by atoms with Crippen LogP contribution in [0.3, 0.4) is 0 Å². The molecule has 2 N–H and O–H groups in total. The lowest BCUT2D eigenvalue weighted by Gasteiger charge is -2.30. The molecule has 0 amide bonds. The maximum Gasteiger partial charge on any atom is 0.314 e. The van der Waals surface area contributed by atoms with Gasteiger partial charge in [-0.25, -0.2) is 0 Å². The summed E-state index contributed by atoms with van der Waals surface area (Å²) in [6.07, 6.45) is 0.903. The molecular weight excluding hydrogens is 370 g/mol. The Morgan fingerprint density at radius 2 is 1.79 bits per heavy atom. The highest BCUT2D eigenvalue weighted by Gasteiger charge is 2.22. The first-order valence-electron chi connectivity index (χ1n) is 7.84. The third kappa shape index (κ3) is 2.72. The fourth-order valence-electron chi connectivity index (χ4n) is 3.33. The monoisotopic (exact) mass is 385 g/mol. The van der Waals surface area contributed by atoms with Gasteiger partial charge in [-0.3, -0.25) is 14.5 Å². The van der Waals surface area contributed by atoms with Crippen LogP contribution in [0.15, 0.2) is 50.5 Å². The van der Waals surface area contributed by atoms with Crippen LogP contribution in [0.4, 0.5) is 0 Å². The van der Waals surface area contributed by atoms with Crippen LogP contribution in [0.1, 0.15) is 16.7 Å². The highest BCUT2D eigenvalue weighted by atomic mass is 79.9. The molecule has 0 saturated carbocycles. The molecule has 1 aliphatic heterocycles. The van der Waals surface area contributed by atoms with Gasteiger partial charge in [-0.1, -0.05) is 46.3 Å². The number of nitrogens with zero attached hydrogens (tertiary/aromatic N) is 1. The molecule has 122 valence electrons. The minimum Gasteiger partial charge on any atom is -0.316 e. The highest BCUT2D eigenvalue weighted by Crippen LogP contribution is 2.31. The summed E-state index contributed by atoms with van der Waals surface area (Å²) in [6.45, 7) is 2.56. The van der Waals surface area contributed by atoms with Crippen molar-refractivity contribution in [2.45, 2.75) is 19.5 Å². The van der Waals surface area contributed by atoms with Gasteiger partial charge in [-0.2, -0.15) is 0 Å². The molecular formula is C18H16BrN3O2. The van der Waals surface area contributed by atoms with Crippen LogP contribution in [0.2, 0.25) is 0 Å². The van der Waals surface area contributed by atoms with Gasteiger partial charge in [0, 0.05) is 24.1 Å². The molecule has 0 saturated heterocycles. The van der Waals surface area contributed by atoms with Crippen molar-refractivity contribution in [2.24, 2.45) is 0 Å². The van der Waals surface area contributed by atoms with Crippen molar-refractivity contribution in [1.29, 1.82) is 0 Å². The number of aromatic nitrogens is 2. The summed E-state index contributed by atoms with van der Waals surface area (Å²) >= 11 is 3.60. The Kier molecular flexibility index (Phi) is 3.86. The fraction of sp³-hybridized carbons (Fsp3) is 0.222. The molecule has 3 aromatic rings. The number of fused-ring (bicyclic) bond motifs is 3. The number of hydrogen-bond donors (Lipinski definition) is 2. The molecule has 0 atom stereocenters. The van der Waals surface area contributed by atoms with Crippen molar-refractivity contribution in [2.75, 3.05) is 6.54 Å². The van der Waals surface area contributed by atoms with E-state index in [1.807, 2.05) is 24.3 Å². The van der Waals surface area contributed by atoms with Gasteiger partial charge in [-0.15, -0.1) is 0 Å². The van der Waals surface area contributed by atoms with E-state index in [2.05, 4.69) is 42.9 Å². The van der Waals surface area contributed by atoms with E-state index in [9.17, 15) is 9.59 Å². The third-order valence-corrected chi connectivity index (χ3v) is 5.20. The molecule has 0 bridgehead atoms. The molecule has 24 heavy (non-hydrogen) atoms. The Morgan fingerprint density at radius 3 is 2.58 bits per heavy atom. The Morgan fingerprint density at radius 1 is 1.04 bits per heavy atom. The van der Waals surface area contributed by atoms with Crippen LogP contribution in [0, 0.1) is 0 Å². The van der Waals surface area contributed by atoms with Crippen LogP contribution in [0.25, 0.3) is 11.0 Å². The van der Waals surface area contributed by atoms with Gasteiger partial charge in [0.1, 0.15) is 0 Å². The third-order valence-electron chi connectivity index (χ3n) is 4.50. The lowest BCUT2D eigenvalue weighted by atomic mass is 9.97. The molecule has 0 radical (unpaired) electrons. The number of H-pyrrole nitrogens is 2. The number of hydrogen-bond acceptors (Lipinski definition) is 3. The van der Waals surface area contributed by atoms with Crippen molar-refractivity contribution in [1.82, 2.24) is 14.9 Å². The van der Waals surface area contributed by atoms with E-state index in [1.54, 1.807) is 0 Å². The normalized spacial score (nSPS) is 14.7. The van der Waals surface area contributed by atoms with Crippen molar-refractivity contribution in [3.05, 3.63) is 78.3 Å². The Labute approximate surface area is 146 Å². The predicted molar refractivity (Wildman–Crippen MR) is 97.1 cm³/mol. The van der Waals surface area contributed by atoms with Crippen LogP contribution >= 0.6 is 15.9 Å². The van der Waals surface area contributed by atoms with Crippen LogP contribution < -0.4 is 11.1 Å². The van der Waals surface area contributed by atoms with Gasteiger partial charge in [0.15, 0.2) is 0 Å². The average molecular weight is 386 g/mol. The van der Waals surface area contributed by atoms with E-state index >= 15 is 0 Å². The zero-order chi connectivity index (χ0) is 16.7.